The highest BCUT2D eigenvalue weighted by molar-refractivity contribution is 4.74. The van der Waals surface area contributed by atoms with Gasteiger partial charge in [0, 0.05) is 0 Å². The van der Waals surface area contributed by atoms with Gasteiger partial charge in [0.05, 0.1) is 17.8 Å². The Labute approximate surface area is 113 Å². The van der Waals surface area contributed by atoms with Crippen molar-refractivity contribution in [1.29, 1.82) is 0 Å². The second-order valence-electron chi connectivity index (χ2n) is 6.74. The lowest BCUT2D eigenvalue weighted by Gasteiger charge is -2.31. The fraction of sp³-hybridized carbons (Fsp3) is 1.00. The van der Waals surface area contributed by atoms with Crippen LogP contribution in [0.5, 0.6) is 0 Å². The molecule has 2 nitrogen and oxygen atoms in total. The summed E-state index contributed by atoms with van der Waals surface area (Å²) in [6, 6.07) is 0. The molecule has 0 aromatic rings. The van der Waals surface area contributed by atoms with Gasteiger partial charge in [0.1, 0.15) is 0 Å². The molecule has 108 valence electrons. The van der Waals surface area contributed by atoms with E-state index in [4.69, 9.17) is 4.74 Å². The van der Waals surface area contributed by atoms with E-state index in [1.54, 1.807) is 0 Å². The highest BCUT2D eigenvalue weighted by Gasteiger charge is 2.24. The molecule has 0 aromatic carbocycles. The Balaban J connectivity index is 2.47. The van der Waals surface area contributed by atoms with Crippen molar-refractivity contribution >= 4 is 0 Å². The minimum absolute atomic E-state index is 0.0319. The molecule has 18 heavy (non-hydrogen) atoms. The first kappa shape index (κ1) is 16.0. The Morgan fingerprint density at radius 1 is 0.778 bits per heavy atom. The van der Waals surface area contributed by atoms with Crippen LogP contribution in [-0.2, 0) is 4.74 Å². The van der Waals surface area contributed by atoms with Crippen molar-refractivity contribution in [2.75, 3.05) is 0 Å². The molecule has 0 amide bonds. The summed E-state index contributed by atoms with van der Waals surface area (Å²) < 4.78 is 6.04. The third-order valence-corrected chi connectivity index (χ3v) is 3.67. The molecule has 0 bridgehead atoms. The zero-order valence-electron chi connectivity index (χ0n) is 12.6. The fourth-order valence-electron chi connectivity index (χ4n) is 2.73. The Morgan fingerprint density at radius 3 is 1.72 bits per heavy atom. The molecular weight excluding hydrogens is 224 g/mol. The average molecular weight is 256 g/mol. The summed E-state index contributed by atoms with van der Waals surface area (Å²) in [5.74, 6) is 0. The van der Waals surface area contributed by atoms with Crippen LogP contribution in [0.15, 0.2) is 0 Å². The molecule has 1 aliphatic rings. The minimum Gasteiger partial charge on any atom is -0.390 e. The third kappa shape index (κ3) is 7.38. The predicted molar refractivity (Wildman–Crippen MR) is 76.8 cm³/mol. The van der Waals surface area contributed by atoms with Gasteiger partial charge in [-0.2, -0.15) is 0 Å². The summed E-state index contributed by atoms with van der Waals surface area (Å²) in [4.78, 5) is 0. The monoisotopic (exact) mass is 256 g/mol. The van der Waals surface area contributed by atoms with E-state index in [1.807, 2.05) is 0 Å². The smallest absolute Gasteiger partial charge is 0.0841 e. The quantitative estimate of drug-likeness (QED) is 0.751. The van der Waals surface area contributed by atoms with Crippen molar-refractivity contribution in [2.45, 2.75) is 103 Å². The maximum absolute atomic E-state index is 10.3. The summed E-state index contributed by atoms with van der Waals surface area (Å²) in [6.07, 6.45) is 12.0. The Hall–Kier alpha value is -0.0800. The minimum atomic E-state index is -0.274. The van der Waals surface area contributed by atoms with Crippen LogP contribution in [0.2, 0.25) is 0 Å². The lowest BCUT2D eigenvalue weighted by Crippen LogP contribution is -2.36. The maximum Gasteiger partial charge on any atom is 0.0841 e. The highest BCUT2D eigenvalue weighted by atomic mass is 16.5. The second-order valence-corrected chi connectivity index (χ2v) is 6.74. The number of aliphatic hydroxyl groups is 1. The molecule has 1 aliphatic carbocycles. The van der Waals surface area contributed by atoms with Crippen LogP contribution in [0.25, 0.3) is 0 Å². The van der Waals surface area contributed by atoms with E-state index in [0.29, 0.717) is 0 Å². The zero-order valence-corrected chi connectivity index (χ0v) is 12.6. The van der Waals surface area contributed by atoms with E-state index in [0.717, 1.165) is 19.3 Å². The largest absolute Gasteiger partial charge is 0.390 e. The van der Waals surface area contributed by atoms with Crippen molar-refractivity contribution in [3.63, 3.8) is 0 Å². The lowest BCUT2D eigenvalue weighted by molar-refractivity contribution is -0.116. The van der Waals surface area contributed by atoms with Crippen molar-refractivity contribution in [1.82, 2.24) is 0 Å². The lowest BCUT2D eigenvalue weighted by atomic mass is 9.97. The number of hydrogen-bond donors (Lipinski definition) is 1. The van der Waals surface area contributed by atoms with Crippen molar-refractivity contribution < 1.29 is 9.84 Å². The molecule has 2 unspecified atom stereocenters. The summed E-state index contributed by atoms with van der Waals surface area (Å²) in [5.41, 5.74) is -0.150. The van der Waals surface area contributed by atoms with Gasteiger partial charge in [-0.3, -0.25) is 0 Å². The van der Waals surface area contributed by atoms with Gasteiger partial charge < -0.3 is 9.84 Å². The average Bonchev–Trinajstić information content (AvgIpc) is 2.26. The van der Waals surface area contributed by atoms with E-state index < -0.39 is 0 Å². The fourth-order valence-corrected chi connectivity index (χ4v) is 2.73. The van der Waals surface area contributed by atoms with Gasteiger partial charge in [-0.25, -0.2) is 0 Å². The number of ether oxygens (including phenoxy) is 1. The first-order chi connectivity index (χ1) is 8.49. The first-order valence-corrected chi connectivity index (χ1v) is 7.85. The molecule has 0 radical (unpaired) electrons. The SMILES string of the molecule is CC(C)(C)OC1CCCCCCCCCCC1O. The van der Waals surface area contributed by atoms with Gasteiger partial charge in [-0.15, -0.1) is 0 Å². The molecule has 2 atom stereocenters. The van der Waals surface area contributed by atoms with Gasteiger partial charge in [-0.05, 0) is 33.6 Å². The van der Waals surface area contributed by atoms with E-state index in [2.05, 4.69) is 20.8 Å². The van der Waals surface area contributed by atoms with Crippen molar-refractivity contribution in [2.24, 2.45) is 0 Å². The number of aliphatic hydroxyl groups excluding tert-OH is 1. The van der Waals surface area contributed by atoms with Crippen LogP contribution >= 0.6 is 0 Å². The second kappa shape index (κ2) is 8.16. The van der Waals surface area contributed by atoms with Crippen molar-refractivity contribution in [3.05, 3.63) is 0 Å². The maximum atomic E-state index is 10.3. The van der Waals surface area contributed by atoms with Crippen LogP contribution in [0.3, 0.4) is 0 Å². The molecule has 1 rings (SSSR count). The van der Waals surface area contributed by atoms with Gasteiger partial charge >= 0.3 is 0 Å². The molecule has 0 aliphatic heterocycles. The summed E-state index contributed by atoms with van der Waals surface area (Å²) in [7, 11) is 0. The Morgan fingerprint density at radius 2 is 1.22 bits per heavy atom. The van der Waals surface area contributed by atoms with Crippen LogP contribution in [0.1, 0.15) is 85.0 Å². The molecule has 0 spiro atoms. The topological polar surface area (TPSA) is 29.5 Å². The molecule has 1 saturated carbocycles. The number of hydrogen-bond acceptors (Lipinski definition) is 2. The third-order valence-electron chi connectivity index (χ3n) is 3.67. The molecule has 0 saturated heterocycles. The van der Waals surface area contributed by atoms with E-state index >= 15 is 0 Å². The first-order valence-electron chi connectivity index (χ1n) is 7.85. The standard InChI is InChI=1S/C16H32O2/c1-16(2,3)18-15-13-11-9-7-5-4-6-8-10-12-14(15)17/h14-15,17H,4-13H2,1-3H3. The normalized spacial score (nSPS) is 29.3. The van der Waals surface area contributed by atoms with Crippen LogP contribution < -0.4 is 0 Å². The summed E-state index contributed by atoms with van der Waals surface area (Å²) in [6.45, 7) is 6.24. The van der Waals surface area contributed by atoms with Crippen LogP contribution in [0, 0.1) is 0 Å². The van der Waals surface area contributed by atoms with Crippen LogP contribution in [0.4, 0.5) is 0 Å². The molecule has 1 fully saturated rings. The molecule has 0 aromatic heterocycles. The molecule has 0 heterocycles. The summed E-state index contributed by atoms with van der Waals surface area (Å²) >= 11 is 0. The highest BCUT2D eigenvalue weighted by Crippen LogP contribution is 2.23. The van der Waals surface area contributed by atoms with Gasteiger partial charge in [-0.1, -0.05) is 51.4 Å². The molecule has 2 heteroatoms. The van der Waals surface area contributed by atoms with E-state index in [1.165, 1.54) is 44.9 Å². The predicted octanol–water partition coefficient (Wildman–Crippen LogP) is 4.45. The van der Waals surface area contributed by atoms with E-state index in [9.17, 15) is 5.11 Å². The summed E-state index contributed by atoms with van der Waals surface area (Å²) in [5, 5.41) is 10.3. The van der Waals surface area contributed by atoms with Crippen LogP contribution in [-0.4, -0.2) is 22.9 Å². The van der Waals surface area contributed by atoms with Gasteiger partial charge in [0.25, 0.3) is 0 Å². The van der Waals surface area contributed by atoms with Crippen molar-refractivity contribution in [3.8, 4) is 0 Å². The Bertz CT molecular complexity index is 208. The Kier molecular flexibility index (Phi) is 7.25. The van der Waals surface area contributed by atoms with Gasteiger partial charge in [0.2, 0.25) is 0 Å². The number of rotatable bonds is 1. The molecule has 1 N–H and O–H groups in total. The zero-order chi connectivity index (χ0) is 13.4. The van der Waals surface area contributed by atoms with Gasteiger partial charge in [0.15, 0.2) is 0 Å². The molecular formula is C16H32O2. The van der Waals surface area contributed by atoms with E-state index in [-0.39, 0.29) is 17.8 Å².